The summed E-state index contributed by atoms with van der Waals surface area (Å²) in [6.45, 7) is 3.94. The smallest absolute Gasteiger partial charge is 0.343 e. The number of ether oxygens (including phenoxy) is 2. The average molecular weight is 480 g/mol. The van der Waals surface area contributed by atoms with E-state index in [2.05, 4.69) is 15.8 Å². The maximum absolute atomic E-state index is 12.4. The van der Waals surface area contributed by atoms with Crippen molar-refractivity contribution in [2.24, 2.45) is 5.10 Å². The zero-order chi connectivity index (χ0) is 24.5. The minimum atomic E-state index is -0.918. The first-order valence-electron chi connectivity index (χ1n) is 10.3. The van der Waals surface area contributed by atoms with Gasteiger partial charge in [0.05, 0.1) is 18.4 Å². The number of esters is 1. The molecule has 174 valence electrons. The van der Waals surface area contributed by atoms with Gasteiger partial charge >= 0.3 is 17.8 Å². The van der Waals surface area contributed by atoms with Crippen molar-refractivity contribution >= 4 is 41.3 Å². The summed E-state index contributed by atoms with van der Waals surface area (Å²) in [5, 5.41) is 6.85. The molecule has 9 heteroatoms. The first kappa shape index (κ1) is 24.5. The first-order valence-corrected chi connectivity index (χ1v) is 10.7. The Kier molecular flexibility index (Phi) is 8.37. The molecule has 34 heavy (non-hydrogen) atoms. The predicted molar refractivity (Wildman–Crippen MR) is 130 cm³/mol. The van der Waals surface area contributed by atoms with Crippen molar-refractivity contribution in [3.05, 3.63) is 88.4 Å². The number of hydrogen-bond donors (Lipinski definition) is 2. The van der Waals surface area contributed by atoms with E-state index in [9.17, 15) is 14.4 Å². The third-order valence-electron chi connectivity index (χ3n) is 4.53. The van der Waals surface area contributed by atoms with Crippen molar-refractivity contribution < 1.29 is 23.9 Å². The van der Waals surface area contributed by atoms with Crippen LogP contribution in [0.25, 0.3) is 0 Å². The maximum atomic E-state index is 12.4. The lowest BCUT2D eigenvalue weighted by Gasteiger charge is -2.11. The average Bonchev–Trinajstić information content (AvgIpc) is 2.82. The van der Waals surface area contributed by atoms with Crippen LogP contribution in [0.2, 0.25) is 5.02 Å². The number of carbonyl (C=O) groups excluding carboxylic acids is 3. The van der Waals surface area contributed by atoms with Crippen molar-refractivity contribution in [3.63, 3.8) is 0 Å². The number of halogens is 1. The zero-order valence-electron chi connectivity index (χ0n) is 18.5. The molecule has 2 N–H and O–H groups in total. The van der Waals surface area contributed by atoms with E-state index in [0.717, 1.165) is 5.56 Å². The fourth-order valence-corrected chi connectivity index (χ4v) is 2.94. The number of rotatable bonds is 7. The molecule has 0 radical (unpaired) electrons. The monoisotopic (exact) mass is 479 g/mol. The molecule has 0 aliphatic carbocycles. The molecule has 3 rings (SSSR count). The van der Waals surface area contributed by atoms with Crippen LogP contribution in [0.1, 0.15) is 28.4 Å². The van der Waals surface area contributed by atoms with E-state index in [1.165, 1.54) is 6.21 Å². The Labute approximate surface area is 201 Å². The van der Waals surface area contributed by atoms with Crippen LogP contribution in [0.4, 0.5) is 5.69 Å². The van der Waals surface area contributed by atoms with Gasteiger partial charge in [0.1, 0.15) is 0 Å². The van der Waals surface area contributed by atoms with Gasteiger partial charge in [0.15, 0.2) is 11.5 Å². The Morgan fingerprint density at radius 3 is 2.41 bits per heavy atom. The molecule has 3 aromatic rings. The van der Waals surface area contributed by atoms with Crippen molar-refractivity contribution in [3.8, 4) is 11.5 Å². The van der Waals surface area contributed by atoms with E-state index in [-0.39, 0.29) is 5.75 Å². The number of para-hydroxylation sites is 1. The predicted octanol–water partition coefficient (Wildman–Crippen LogP) is 4.36. The number of nitrogens with one attached hydrogen (secondary N) is 2. The zero-order valence-corrected chi connectivity index (χ0v) is 19.3. The largest absolute Gasteiger partial charge is 0.490 e. The van der Waals surface area contributed by atoms with E-state index in [1.54, 1.807) is 61.5 Å². The third kappa shape index (κ3) is 6.66. The molecule has 0 saturated carbocycles. The van der Waals surface area contributed by atoms with E-state index in [0.29, 0.717) is 34.2 Å². The summed E-state index contributed by atoms with van der Waals surface area (Å²) in [6.07, 6.45) is 1.34. The fourth-order valence-electron chi connectivity index (χ4n) is 2.81. The van der Waals surface area contributed by atoms with Gasteiger partial charge in [0, 0.05) is 10.7 Å². The van der Waals surface area contributed by atoms with Crippen molar-refractivity contribution in [2.45, 2.75) is 13.8 Å². The van der Waals surface area contributed by atoms with E-state index in [4.69, 9.17) is 21.1 Å². The Balaban J connectivity index is 1.64. The maximum Gasteiger partial charge on any atom is 0.343 e. The van der Waals surface area contributed by atoms with Crippen molar-refractivity contribution in [1.29, 1.82) is 0 Å². The molecule has 0 atom stereocenters. The van der Waals surface area contributed by atoms with Crippen molar-refractivity contribution in [2.75, 3.05) is 11.9 Å². The van der Waals surface area contributed by atoms with Gasteiger partial charge < -0.3 is 14.8 Å². The van der Waals surface area contributed by atoms with Crippen molar-refractivity contribution in [1.82, 2.24) is 5.43 Å². The molecule has 0 spiro atoms. The van der Waals surface area contributed by atoms with E-state index >= 15 is 0 Å². The van der Waals surface area contributed by atoms with Crippen LogP contribution in [-0.4, -0.2) is 30.6 Å². The summed E-state index contributed by atoms with van der Waals surface area (Å²) in [4.78, 5) is 36.5. The summed E-state index contributed by atoms with van der Waals surface area (Å²) in [5.41, 5.74) is 4.43. The first-order chi connectivity index (χ1) is 16.4. The molecular weight excluding hydrogens is 458 g/mol. The van der Waals surface area contributed by atoms with Gasteiger partial charge in [-0.2, -0.15) is 5.10 Å². The molecule has 0 bridgehead atoms. The number of aryl methyl sites for hydroxylation is 1. The van der Waals surface area contributed by atoms with Gasteiger partial charge in [-0.25, -0.2) is 10.2 Å². The standard InChI is InChI=1S/C25H22ClN3O5/c1-3-33-22-14-17(8-13-21(22)34-25(32)18-9-11-19(26)12-10-18)15-27-29-24(31)23(30)28-20-7-5-4-6-16(20)2/h4-15H,3H2,1-2H3,(H,28,30)(H,29,31)/b27-15-. The lowest BCUT2D eigenvalue weighted by atomic mass is 10.2. The highest BCUT2D eigenvalue weighted by Gasteiger charge is 2.15. The van der Waals surface area contributed by atoms with Gasteiger partial charge in [-0.05, 0) is 73.5 Å². The molecule has 0 aliphatic rings. The molecule has 0 fully saturated rings. The molecule has 8 nitrogen and oxygen atoms in total. The van der Waals surface area contributed by atoms with Crippen LogP contribution in [0.15, 0.2) is 71.8 Å². The molecule has 0 saturated heterocycles. The number of anilines is 1. The lowest BCUT2D eigenvalue weighted by Crippen LogP contribution is -2.32. The molecule has 0 unspecified atom stereocenters. The van der Waals surface area contributed by atoms with E-state index < -0.39 is 17.8 Å². The number of amides is 2. The fraction of sp³-hybridized carbons (Fsp3) is 0.120. The van der Waals surface area contributed by atoms with Gasteiger partial charge in [-0.3, -0.25) is 9.59 Å². The van der Waals surface area contributed by atoms with Crippen LogP contribution in [-0.2, 0) is 9.59 Å². The Bertz CT molecular complexity index is 1230. The second-order valence-electron chi connectivity index (χ2n) is 7.00. The topological polar surface area (TPSA) is 106 Å². The Morgan fingerprint density at radius 2 is 1.71 bits per heavy atom. The highest BCUT2D eigenvalue weighted by atomic mass is 35.5. The number of carbonyl (C=O) groups is 3. The second-order valence-corrected chi connectivity index (χ2v) is 7.44. The number of hydrazone groups is 1. The summed E-state index contributed by atoms with van der Waals surface area (Å²) in [6, 6.07) is 18.2. The quantitative estimate of drug-likeness (QED) is 0.172. The van der Waals surface area contributed by atoms with Gasteiger partial charge in [0.2, 0.25) is 0 Å². The van der Waals surface area contributed by atoms with Gasteiger partial charge in [0.25, 0.3) is 0 Å². The molecule has 0 aromatic heterocycles. The molecule has 2 amide bonds. The lowest BCUT2D eigenvalue weighted by molar-refractivity contribution is -0.136. The van der Waals surface area contributed by atoms with Crippen LogP contribution in [0.3, 0.4) is 0 Å². The highest BCUT2D eigenvalue weighted by Crippen LogP contribution is 2.29. The van der Waals surface area contributed by atoms with Gasteiger partial charge in [-0.1, -0.05) is 29.8 Å². The van der Waals surface area contributed by atoms with Crippen LogP contribution < -0.4 is 20.2 Å². The highest BCUT2D eigenvalue weighted by molar-refractivity contribution is 6.39. The Morgan fingerprint density at radius 1 is 0.971 bits per heavy atom. The summed E-state index contributed by atoms with van der Waals surface area (Å²) < 4.78 is 11.0. The summed E-state index contributed by atoms with van der Waals surface area (Å²) in [7, 11) is 0. The van der Waals surface area contributed by atoms with E-state index in [1.807, 2.05) is 19.1 Å². The van der Waals surface area contributed by atoms with Crippen LogP contribution in [0.5, 0.6) is 11.5 Å². The molecule has 0 aliphatic heterocycles. The normalized spacial score (nSPS) is 10.6. The molecule has 0 heterocycles. The minimum Gasteiger partial charge on any atom is -0.490 e. The number of nitrogens with zero attached hydrogens (tertiary/aromatic N) is 1. The van der Waals surface area contributed by atoms with Crippen LogP contribution >= 0.6 is 11.6 Å². The van der Waals surface area contributed by atoms with Gasteiger partial charge in [-0.15, -0.1) is 0 Å². The number of hydrogen-bond acceptors (Lipinski definition) is 6. The second kappa shape index (κ2) is 11.6. The Hall–Kier alpha value is -4.17. The summed E-state index contributed by atoms with van der Waals surface area (Å²) in [5.74, 6) is -1.78. The third-order valence-corrected chi connectivity index (χ3v) is 4.78. The SMILES string of the molecule is CCOc1cc(/C=N\NC(=O)C(=O)Nc2ccccc2C)ccc1OC(=O)c1ccc(Cl)cc1. The number of benzene rings is 3. The summed E-state index contributed by atoms with van der Waals surface area (Å²) >= 11 is 5.85. The molecule has 3 aromatic carbocycles. The minimum absolute atomic E-state index is 0.223. The van der Waals surface area contributed by atoms with Crippen LogP contribution in [0, 0.1) is 6.92 Å². The molecular formula is C25H22ClN3O5.